The first-order chi connectivity index (χ1) is 15.5. The molecule has 0 aliphatic carbocycles. The van der Waals surface area contributed by atoms with E-state index in [1.54, 1.807) is 0 Å². The van der Waals surface area contributed by atoms with Crippen LogP contribution in [-0.2, 0) is 0 Å². The minimum atomic E-state index is 0.421. The van der Waals surface area contributed by atoms with Gasteiger partial charge in [0.2, 0.25) is 0 Å². The van der Waals surface area contributed by atoms with Crippen LogP contribution in [0.1, 0.15) is 107 Å². The summed E-state index contributed by atoms with van der Waals surface area (Å²) in [7, 11) is 0. The number of nitrogens with zero attached hydrogens (tertiary/aromatic N) is 1. The van der Waals surface area contributed by atoms with Gasteiger partial charge in [0.25, 0.3) is 0 Å². The van der Waals surface area contributed by atoms with Crippen molar-refractivity contribution in [2.24, 2.45) is 0 Å². The van der Waals surface area contributed by atoms with Gasteiger partial charge in [0, 0.05) is 17.1 Å². The summed E-state index contributed by atoms with van der Waals surface area (Å²) in [5.41, 5.74) is 10.0. The van der Waals surface area contributed by atoms with E-state index >= 15 is 0 Å². The first kappa shape index (κ1) is 25.2. The predicted molar refractivity (Wildman–Crippen MR) is 147 cm³/mol. The fourth-order valence-electron chi connectivity index (χ4n) is 4.67. The van der Waals surface area contributed by atoms with Crippen LogP contribution in [0.15, 0.2) is 48.5 Å². The number of aromatic nitrogens is 1. The molecule has 0 radical (unpaired) electrons. The Morgan fingerprint density at radius 2 is 1.09 bits per heavy atom. The Bertz CT molecular complexity index is 1130. The van der Waals surface area contributed by atoms with Crippen molar-refractivity contribution in [1.29, 1.82) is 0 Å². The highest BCUT2D eigenvalue weighted by Gasteiger charge is 2.18. The van der Waals surface area contributed by atoms with Crippen LogP contribution in [0, 0.1) is 11.6 Å². The molecule has 0 aliphatic heterocycles. The molecule has 1 aromatic heterocycles. The molecule has 2 aromatic carbocycles. The van der Waals surface area contributed by atoms with Crippen LogP contribution in [0.5, 0.6) is 0 Å². The van der Waals surface area contributed by atoms with Gasteiger partial charge in [0.05, 0.1) is 5.69 Å². The number of nitrogens with one attached hydrogen (secondary N) is 1. The Kier molecular flexibility index (Phi) is 7.84. The van der Waals surface area contributed by atoms with E-state index in [1.807, 2.05) is 0 Å². The van der Waals surface area contributed by atoms with Crippen molar-refractivity contribution in [2.45, 2.75) is 86.0 Å². The summed E-state index contributed by atoms with van der Waals surface area (Å²) in [4.78, 5) is 0. The lowest BCUT2D eigenvalue weighted by molar-refractivity contribution is 0.793. The number of para-hydroxylation sites is 2. The molecule has 0 saturated carbocycles. The molecule has 1 heterocycles. The van der Waals surface area contributed by atoms with Gasteiger partial charge < -0.3 is 9.88 Å². The van der Waals surface area contributed by atoms with Crippen LogP contribution in [0.4, 0.5) is 11.4 Å². The van der Waals surface area contributed by atoms with Gasteiger partial charge in [-0.3, -0.25) is 0 Å². The smallest absolute Gasteiger partial charge is 0.112 e. The van der Waals surface area contributed by atoms with Crippen molar-refractivity contribution in [1.82, 2.24) is 4.57 Å². The highest BCUT2D eigenvalue weighted by atomic mass is 32.1. The minimum Gasteiger partial charge on any atom is -0.355 e. The first-order valence-electron chi connectivity index (χ1n) is 12.3. The molecule has 2 nitrogen and oxygen atoms in total. The Labute approximate surface area is 206 Å². The summed E-state index contributed by atoms with van der Waals surface area (Å²) in [6.45, 7) is 20.2. The standard InChI is InChI=1S/C30H40N2S/c1-18(2)24-12-10-13-25(19(3)4)29(24)31-23-16-22(9)32(28(33)17-23)30-26(20(5)6)14-11-15-27(30)21(7)8/h10-21,31H,1-9H3. The maximum Gasteiger partial charge on any atom is 0.112 e. The molecule has 0 saturated heterocycles. The molecule has 0 fully saturated rings. The van der Waals surface area contributed by atoms with Gasteiger partial charge >= 0.3 is 0 Å². The number of rotatable bonds is 7. The normalized spacial score (nSPS) is 11.8. The van der Waals surface area contributed by atoms with E-state index in [2.05, 4.69) is 121 Å². The molecule has 3 heteroatoms. The van der Waals surface area contributed by atoms with Gasteiger partial charge in [-0.15, -0.1) is 0 Å². The third-order valence-electron chi connectivity index (χ3n) is 6.42. The number of benzene rings is 2. The molecule has 1 N–H and O–H groups in total. The Morgan fingerprint density at radius 1 is 0.667 bits per heavy atom. The lowest BCUT2D eigenvalue weighted by Gasteiger charge is -2.25. The molecule has 176 valence electrons. The number of aryl methyl sites for hydroxylation is 1. The fourth-order valence-corrected chi connectivity index (χ4v) is 5.03. The van der Waals surface area contributed by atoms with Gasteiger partial charge in [0.1, 0.15) is 4.64 Å². The molecule has 0 bridgehead atoms. The lowest BCUT2D eigenvalue weighted by Crippen LogP contribution is -2.11. The summed E-state index contributed by atoms with van der Waals surface area (Å²) in [5, 5.41) is 3.76. The number of pyridine rings is 1. The lowest BCUT2D eigenvalue weighted by atomic mass is 9.92. The molecule has 3 aromatic rings. The van der Waals surface area contributed by atoms with Gasteiger partial charge in [-0.1, -0.05) is 104 Å². The van der Waals surface area contributed by atoms with E-state index in [1.165, 1.54) is 33.6 Å². The van der Waals surface area contributed by atoms with Crippen molar-refractivity contribution in [2.75, 3.05) is 5.32 Å². The van der Waals surface area contributed by atoms with Crippen LogP contribution in [0.2, 0.25) is 0 Å². The molecule has 0 amide bonds. The quantitative estimate of drug-likeness (QED) is 0.353. The van der Waals surface area contributed by atoms with Crippen molar-refractivity contribution in [3.8, 4) is 5.69 Å². The minimum absolute atomic E-state index is 0.421. The molecule has 0 atom stereocenters. The summed E-state index contributed by atoms with van der Waals surface area (Å²) >= 11 is 6.01. The second kappa shape index (κ2) is 10.3. The highest BCUT2D eigenvalue weighted by Crippen LogP contribution is 2.36. The summed E-state index contributed by atoms with van der Waals surface area (Å²) < 4.78 is 3.10. The number of hydrogen-bond acceptors (Lipinski definition) is 2. The van der Waals surface area contributed by atoms with E-state index in [9.17, 15) is 0 Å². The first-order valence-corrected chi connectivity index (χ1v) is 12.7. The van der Waals surface area contributed by atoms with E-state index in [0.717, 1.165) is 16.0 Å². The monoisotopic (exact) mass is 460 g/mol. The van der Waals surface area contributed by atoms with Crippen molar-refractivity contribution < 1.29 is 0 Å². The van der Waals surface area contributed by atoms with Crippen molar-refractivity contribution in [3.63, 3.8) is 0 Å². The molecule has 0 spiro atoms. The van der Waals surface area contributed by atoms with Crippen molar-refractivity contribution >= 4 is 23.6 Å². The molecule has 0 aliphatic rings. The average molecular weight is 461 g/mol. The van der Waals surface area contributed by atoms with Crippen LogP contribution in [-0.4, -0.2) is 4.57 Å². The second-order valence-corrected chi connectivity index (χ2v) is 10.8. The van der Waals surface area contributed by atoms with E-state index < -0.39 is 0 Å². The van der Waals surface area contributed by atoms with E-state index in [0.29, 0.717) is 23.7 Å². The summed E-state index contributed by atoms with van der Waals surface area (Å²) in [6.07, 6.45) is 0. The van der Waals surface area contributed by atoms with Gasteiger partial charge in [-0.25, -0.2) is 0 Å². The zero-order valence-corrected chi connectivity index (χ0v) is 22.6. The third kappa shape index (κ3) is 5.24. The Hall–Kier alpha value is -2.39. The number of hydrogen-bond donors (Lipinski definition) is 1. The van der Waals surface area contributed by atoms with Gasteiger partial charge in [0.15, 0.2) is 0 Å². The molecule has 0 unspecified atom stereocenters. The second-order valence-electron chi connectivity index (χ2n) is 10.4. The summed E-state index contributed by atoms with van der Waals surface area (Å²) in [6, 6.07) is 17.7. The van der Waals surface area contributed by atoms with E-state index in [4.69, 9.17) is 12.2 Å². The molecular formula is C30H40N2S. The van der Waals surface area contributed by atoms with Gasteiger partial charge in [-0.2, -0.15) is 0 Å². The predicted octanol–water partition coefficient (Wildman–Crippen LogP) is 9.75. The molecular weight excluding hydrogens is 420 g/mol. The fraction of sp³-hybridized carbons (Fsp3) is 0.433. The van der Waals surface area contributed by atoms with Crippen LogP contribution >= 0.6 is 12.2 Å². The highest BCUT2D eigenvalue weighted by molar-refractivity contribution is 7.71. The van der Waals surface area contributed by atoms with Crippen LogP contribution < -0.4 is 5.32 Å². The molecule has 33 heavy (non-hydrogen) atoms. The maximum atomic E-state index is 6.01. The largest absolute Gasteiger partial charge is 0.355 e. The zero-order valence-electron chi connectivity index (χ0n) is 21.8. The number of anilines is 2. The third-order valence-corrected chi connectivity index (χ3v) is 6.73. The zero-order chi connectivity index (χ0) is 24.4. The Morgan fingerprint density at radius 3 is 1.48 bits per heavy atom. The maximum absolute atomic E-state index is 6.01. The van der Waals surface area contributed by atoms with Crippen LogP contribution in [0.25, 0.3) is 5.69 Å². The summed E-state index contributed by atoms with van der Waals surface area (Å²) in [5.74, 6) is 1.72. The average Bonchev–Trinajstić information content (AvgIpc) is 2.72. The van der Waals surface area contributed by atoms with Crippen LogP contribution in [0.3, 0.4) is 0 Å². The SMILES string of the molecule is Cc1cc(Nc2c(C(C)C)cccc2C(C)C)cc(=S)n1-c1c(C(C)C)cccc1C(C)C. The molecule has 3 rings (SSSR count). The van der Waals surface area contributed by atoms with E-state index in [-0.39, 0.29) is 0 Å². The van der Waals surface area contributed by atoms with Crippen molar-refractivity contribution in [3.05, 3.63) is 81.1 Å². The Balaban J connectivity index is 2.18. The van der Waals surface area contributed by atoms with Gasteiger partial charge in [-0.05, 0) is 65.0 Å². The topological polar surface area (TPSA) is 17.0 Å².